The Morgan fingerprint density at radius 1 is 0.939 bits per heavy atom. The second-order valence-electron chi connectivity index (χ2n) is 7.52. The summed E-state index contributed by atoms with van der Waals surface area (Å²) in [5.74, 6) is -0.337. The molecule has 1 fully saturated rings. The number of fused-ring (bicyclic) bond motifs is 1. The molecule has 4 aromatic rings. The molecule has 166 valence electrons. The van der Waals surface area contributed by atoms with Crippen LogP contribution >= 0.6 is 0 Å². The predicted octanol–water partition coefficient (Wildman–Crippen LogP) is 3.14. The first-order chi connectivity index (χ1) is 16.2. The summed E-state index contributed by atoms with van der Waals surface area (Å²) in [6.45, 7) is 2.18. The minimum atomic E-state index is -0.337. The molecule has 0 atom stereocenters. The number of hydrogen-bond acceptors (Lipinski definition) is 6. The van der Waals surface area contributed by atoms with Crippen molar-refractivity contribution < 1.29 is 14.3 Å². The van der Waals surface area contributed by atoms with Crippen LogP contribution in [0, 0.1) is 0 Å². The second-order valence-corrected chi connectivity index (χ2v) is 7.52. The summed E-state index contributed by atoms with van der Waals surface area (Å²) >= 11 is 0. The number of benzene rings is 1. The SMILES string of the molecule is O=C(Nc1cccnc1)c1n[nH]c2ccc(-c3cncc(NC(=O)N4CCOCC4)c3)cc12. The van der Waals surface area contributed by atoms with Crippen molar-refractivity contribution in [3.05, 3.63) is 66.9 Å². The van der Waals surface area contributed by atoms with Gasteiger partial charge in [-0.3, -0.25) is 19.9 Å². The number of carbonyl (C=O) groups is 2. The summed E-state index contributed by atoms with van der Waals surface area (Å²) in [5, 5.41) is 13.5. The Labute approximate surface area is 189 Å². The smallest absolute Gasteiger partial charge is 0.322 e. The molecular weight excluding hydrogens is 422 g/mol. The quantitative estimate of drug-likeness (QED) is 0.445. The summed E-state index contributed by atoms with van der Waals surface area (Å²) in [6.07, 6.45) is 6.52. The van der Waals surface area contributed by atoms with E-state index in [1.807, 2.05) is 24.3 Å². The molecule has 5 rings (SSSR count). The van der Waals surface area contributed by atoms with E-state index in [-0.39, 0.29) is 17.6 Å². The van der Waals surface area contributed by atoms with E-state index >= 15 is 0 Å². The normalized spacial score (nSPS) is 13.6. The van der Waals surface area contributed by atoms with Crippen molar-refractivity contribution in [3.63, 3.8) is 0 Å². The molecule has 3 N–H and O–H groups in total. The first-order valence-corrected chi connectivity index (χ1v) is 10.5. The van der Waals surface area contributed by atoms with Gasteiger partial charge in [-0.15, -0.1) is 0 Å². The van der Waals surface area contributed by atoms with E-state index in [9.17, 15) is 9.59 Å². The van der Waals surface area contributed by atoms with Crippen molar-refractivity contribution in [2.45, 2.75) is 0 Å². The van der Waals surface area contributed by atoms with Crippen LogP contribution in [0.15, 0.2) is 61.2 Å². The molecule has 0 aliphatic carbocycles. The lowest BCUT2D eigenvalue weighted by Crippen LogP contribution is -2.43. The number of carbonyl (C=O) groups excluding carboxylic acids is 2. The lowest BCUT2D eigenvalue weighted by atomic mass is 10.0. The van der Waals surface area contributed by atoms with Crippen LogP contribution in [0.3, 0.4) is 0 Å². The molecule has 3 amide bonds. The van der Waals surface area contributed by atoms with Gasteiger partial charge in [-0.05, 0) is 35.9 Å². The lowest BCUT2D eigenvalue weighted by Gasteiger charge is -2.26. The van der Waals surface area contributed by atoms with E-state index in [1.165, 1.54) is 0 Å². The second kappa shape index (κ2) is 9.05. The van der Waals surface area contributed by atoms with Crippen molar-refractivity contribution in [1.82, 2.24) is 25.1 Å². The van der Waals surface area contributed by atoms with Crippen LogP contribution in [-0.4, -0.2) is 63.3 Å². The summed E-state index contributed by atoms with van der Waals surface area (Å²) in [5.41, 5.74) is 3.83. The number of amides is 3. The number of nitrogens with one attached hydrogen (secondary N) is 3. The minimum absolute atomic E-state index is 0.183. The Morgan fingerprint density at radius 3 is 2.61 bits per heavy atom. The summed E-state index contributed by atoms with van der Waals surface area (Å²) in [4.78, 5) is 35.2. The number of aromatic amines is 1. The molecule has 0 spiro atoms. The standard InChI is InChI=1S/C23H21N7O3/c31-22(26-17-2-1-5-24-13-17)21-19-11-15(3-4-20(19)28-29-21)16-10-18(14-25-12-16)27-23(32)30-6-8-33-9-7-30/h1-5,10-14H,6-9H2,(H,26,31)(H,27,32)(H,28,29). The van der Waals surface area contributed by atoms with Crippen LogP contribution in [0.4, 0.5) is 16.2 Å². The number of hydrogen-bond donors (Lipinski definition) is 3. The number of pyridine rings is 2. The first kappa shape index (κ1) is 20.6. The predicted molar refractivity (Wildman–Crippen MR) is 123 cm³/mol. The lowest BCUT2D eigenvalue weighted by molar-refractivity contribution is 0.0564. The van der Waals surface area contributed by atoms with Gasteiger partial charge >= 0.3 is 6.03 Å². The minimum Gasteiger partial charge on any atom is -0.378 e. The number of rotatable bonds is 4. The molecule has 10 nitrogen and oxygen atoms in total. The van der Waals surface area contributed by atoms with Crippen LogP contribution in [-0.2, 0) is 4.74 Å². The Hall–Kier alpha value is -4.31. The van der Waals surface area contributed by atoms with Crippen LogP contribution in [0.1, 0.15) is 10.5 Å². The number of H-pyrrole nitrogens is 1. The average molecular weight is 443 g/mol. The zero-order chi connectivity index (χ0) is 22.6. The van der Waals surface area contributed by atoms with Crippen molar-refractivity contribution in [2.75, 3.05) is 36.9 Å². The van der Waals surface area contributed by atoms with Gasteiger partial charge in [0.1, 0.15) is 0 Å². The van der Waals surface area contributed by atoms with E-state index in [0.717, 1.165) is 16.6 Å². The summed E-state index contributed by atoms with van der Waals surface area (Å²) in [6, 6.07) is 10.8. The maximum Gasteiger partial charge on any atom is 0.322 e. The zero-order valence-corrected chi connectivity index (χ0v) is 17.6. The number of urea groups is 1. The summed E-state index contributed by atoms with van der Waals surface area (Å²) in [7, 11) is 0. The van der Waals surface area contributed by atoms with Crippen LogP contribution in [0.5, 0.6) is 0 Å². The Morgan fingerprint density at radius 2 is 1.79 bits per heavy atom. The van der Waals surface area contributed by atoms with E-state index in [0.29, 0.717) is 43.1 Å². The Bertz CT molecular complexity index is 1300. The van der Waals surface area contributed by atoms with Gasteiger partial charge in [-0.25, -0.2) is 4.79 Å². The highest BCUT2D eigenvalue weighted by Gasteiger charge is 2.18. The molecule has 0 radical (unpaired) electrons. The van der Waals surface area contributed by atoms with Gasteiger partial charge in [-0.2, -0.15) is 5.10 Å². The van der Waals surface area contributed by atoms with Crippen molar-refractivity contribution in [3.8, 4) is 11.1 Å². The Kier molecular flexibility index (Phi) is 5.64. The molecule has 1 aromatic carbocycles. The highest BCUT2D eigenvalue weighted by Crippen LogP contribution is 2.27. The van der Waals surface area contributed by atoms with E-state index in [4.69, 9.17) is 4.74 Å². The number of anilines is 2. The molecule has 0 unspecified atom stereocenters. The van der Waals surface area contributed by atoms with Gasteiger partial charge in [0, 0.05) is 36.4 Å². The maximum atomic E-state index is 12.8. The third-order valence-electron chi connectivity index (χ3n) is 5.32. The monoisotopic (exact) mass is 443 g/mol. The van der Waals surface area contributed by atoms with E-state index < -0.39 is 0 Å². The fraction of sp³-hybridized carbons (Fsp3) is 0.174. The molecule has 1 aliphatic heterocycles. The maximum absolute atomic E-state index is 12.8. The van der Waals surface area contributed by atoms with E-state index in [2.05, 4.69) is 30.8 Å². The highest BCUT2D eigenvalue weighted by molar-refractivity contribution is 6.11. The van der Waals surface area contributed by atoms with Gasteiger partial charge in [0.05, 0.1) is 42.5 Å². The first-order valence-electron chi connectivity index (χ1n) is 10.5. The third kappa shape index (κ3) is 4.51. The van der Waals surface area contributed by atoms with Gasteiger partial charge in [-0.1, -0.05) is 6.07 Å². The molecule has 1 saturated heterocycles. The topological polar surface area (TPSA) is 125 Å². The van der Waals surface area contributed by atoms with Crippen LogP contribution < -0.4 is 10.6 Å². The van der Waals surface area contributed by atoms with E-state index in [1.54, 1.807) is 41.8 Å². The number of aromatic nitrogens is 4. The van der Waals surface area contributed by atoms with Gasteiger partial charge in [0.25, 0.3) is 5.91 Å². The fourth-order valence-electron chi connectivity index (χ4n) is 3.63. The molecule has 33 heavy (non-hydrogen) atoms. The highest BCUT2D eigenvalue weighted by atomic mass is 16.5. The molecule has 10 heteroatoms. The van der Waals surface area contributed by atoms with Gasteiger partial charge in [0.2, 0.25) is 0 Å². The molecule has 4 heterocycles. The summed E-state index contributed by atoms with van der Waals surface area (Å²) < 4.78 is 5.29. The molecule has 1 aliphatic rings. The van der Waals surface area contributed by atoms with Crippen LogP contribution in [0.2, 0.25) is 0 Å². The van der Waals surface area contributed by atoms with Gasteiger partial charge < -0.3 is 20.3 Å². The van der Waals surface area contributed by atoms with Crippen LogP contribution in [0.25, 0.3) is 22.0 Å². The van der Waals surface area contributed by atoms with Crippen molar-refractivity contribution in [1.29, 1.82) is 0 Å². The number of morpholine rings is 1. The van der Waals surface area contributed by atoms with Gasteiger partial charge in [0.15, 0.2) is 5.69 Å². The van der Waals surface area contributed by atoms with Crippen molar-refractivity contribution in [2.24, 2.45) is 0 Å². The Balaban J connectivity index is 1.38. The average Bonchev–Trinajstić information content (AvgIpc) is 3.29. The molecule has 3 aromatic heterocycles. The zero-order valence-electron chi connectivity index (χ0n) is 17.6. The molecule has 0 saturated carbocycles. The molecular formula is C23H21N7O3. The largest absolute Gasteiger partial charge is 0.378 e. The fourth-order valence-corrected chi connectivity index (χ4v) is 3.63. The molecule has 0 bridgehead atoms. The number of ether oxygens (including phenoxy) is 1. The third-order valence-corrected chi connectivity index (χ3v) is 5.32. The number of nitrogens with zero attached hydrogens (tertiary/aromatic N) is 4. The van der Waals surface area contributed by atoms with Crippen molar-refractivity contribution >= 4 is 34.2 Å².